The summed E-state index contributed by atoms with van der Waals surface area (Å²) in [5.41, 5.74) is 1.45. The summed E-state index contributed by atoms with van der Waals surface area (Å²) in [4.78, 5) is 15.5. The molecule has 2 nitrogen and oxygen atoms in total. The lowest BCUT2D eigenvalue weighted by molar-refractivity contribution is 0.103. The molecule has 100 valence electrons. The number of fused-ring (bicyclic) bond motifs is 1. The number of halogens is 3. The number of hydrogen-bond acceptors (Lipinski definition) is 1. The Bertz CT molecular complexity index is 828. The predicted molar refractivity (Wildman–Crippen MR) is 80.8 cm³/mol. The second kappa shape index (κ2) is 5.04. The van der Waals surface area contributed by atoms with Crippen LogP contribution in [0.3, 0.4) is 0 Å². The molecule has 1 aromatic heterocycles. The average Bonchev–Trinajstić information content (AvgIpc) is 2.86. The third-order valence-corrected chi connectivity index (χ3v) is 4.09. The minimum atomic E-state index is -0.450. The molecule has 5 heteroatoms. The lowest BCUT2D eigenvalue weighted by Crippen LogP contribution is -2.02. The molecule has 0 aliphatic heterocycles. The maximum Gasteiger partial charge on any atom is 0.196 e. The Morgan fingerprint density at radius 3 is 2.80 bits per heavy atom. The van der Waals surface area contributed by atoms with Gasteiger partial charge in [0.05, 0.1) is 10.5 Å². The monoisotopic (exact) mass is 351 g/mol. The zero-order valence-corrected chi connectivity index (χ0v) is 12.4. The highest BCUT2D eigenvalue weighted by Gasteiger charge is 2.18. The van der Waals surface area contributed by atoms with Gasteiger partial charge in [0.15, 0.2) is 5.78 Å². The number of carbonyl (C=O) groups excluding carboxylic acids is 1. The van der Waals surface area contributed by atoms with Gasteiger partial charge in [-0.15, -0.1) is 0 Å². The van der Waals surface area contributed by atoms with Crippen LogP contribution in [0.5, 0.6) is 0 Å². The molecule has 0 aliphatic rings. The van der Waals surface area contributed by atoms with E-state index >= 15 is 0 Å². The predicted octanol–water partition coefficient (Wildman–Crippen LogP) is 4.95. The van der Waals surface area contributed by atoms with Crippen LogP contribution in [0, 0.1) is 5.82 Å². The van der Waals surface area contributed by atoms with E-state index in [1.54, 1.807) is 24.4 Å². The molecular weight excluding hydrogens is 345 g/mol. The van der Waals surface area contributed by atoms with Crippen LogP contribution in [0.4, 0.5) is 4.39 Å². The third-order valence-electron chi connectivity index (χ3n) is 3.08. The first-order valence-electron chi connectivity index (χ1n) is 5.83. The number of hydrogen-bond donors (Lipinski definition) is 1. The smallest absolute Gasteiger partial charge is 0.196 e. The molecule has 0 fully saturated rings. The van der Waals surface area contributed by atoms with E-state index in [0.717, 1.165) is 5.39 Å². The van der Waals surface area contributed by atoms with Crippen LogP contribution in [-0.2, 0) is 0 Å². The van der Waals surface area contributed by atoms with Crippen molar-refractivity contribution >= 4 is 44.2 Å². The molecule has 0 atom stereocenters. The second-order valence-corrected chi connectivity index (χ2v) is 5.58. The second-order valence-electron chi connectivity index (χ2n) is 4.32. The van der Waals surface area contributed by atoms with Gasteiger partial charge >= 0.3 is 0 Å². The van der Waals surface area contributed by atoms with Crippen molar-refractivity contribution in [1.29, 1.82) is 0 Å². The van der Waals surface area contributed by atoms with E-state index in [0.29, 0.717) is 20.6 Å². The Balaban J connectivity index is 2.18. The highest BCUT2D eigenvalue weighted by molar-refractivity contribution is 9.10. The van der Waals surface area contributed by atoms with E-state index in [1.165, 1.54) is 18.2 Å². The van der Waals surface area contributed by atoms with Crippen molar-refractivity contribution in [1.82, 2.24) is 4.98 Å². The first-order valence-corrected chi connectivity index (χ1v) is 7.00. The molecule has 0 saturated heterocycles. The summed E-state index contributed by atoms with van der Waals surface area (Å²) in [6, 6.07) is 9.36. The van der Waals surface area contributed by atoms with Gasteiger partial charge < -0.3 is 4.98 Å². The van der Waals surface area contributed by atoms with Crippen LogP contribution in [0.1, 0.15) is 15.9 Å². The van der Waals surface area contributed by atoms with Crippen molar-refractivity contribution in [2.75, 3.05) is 0 Å². The van der Waals surface area contributed by atoms with Crippen molar-refractivity contribution in [3.05, 3.63) is 69.0 Å². The summed E-state index contributed by atoms with van der Waals surface area (Å²) in [7, 11) is 0. The van der Waals surface area contributed by atoms with Crippen molar-refractivity contribution in [3.8, 4) is 0 Å². The number of aromatic amines is 1. The van der Waals surface area contributed by atoms with E-state index in [9.17, 15) is 9.18 Å². The van der Waals surface area contributed by atoms with Crippen LogP contribution in [0.15, 0.2) is 47.1 Å². The van der Waals surface area contributed by atoms with Gasteiger partial charge in [0.25, 0.3) is 0 Å². The molecule has 3 rings (SSSR count). The molecule has 0 saturated carbocycles. The van der Waals surface area contributed by atoms with E-state index in [-0.39, 0.29) is 11.3 Å². The molecule has 1 N–H and O–H groups in total. The van der Waals surface area contributed by atoms with Crippen molar-refractivity contribution < 1.29 is 9.18 Å². The molecular formula is C15H8BrClFNO. The number of carbonyl (C=O) groups is 1. The van der Waals surface area contributed by atoms with E-state index < -0.39 is 5.82 Å². The van der Waals surface area contributed by atoms with E-state index in [4.69, 9.17) is 11.6 Å². The highest BCUT2D eigenvalue weighted by Crippen LogP contribution is 2.28. The molecule has 0 radical (unpaired) electrons. The van der Waals surface area contributed by atoms with Gasteiger partial charge in [-0.1, -0.05) is 39.7 Å². The zero-order valence-electron chi connectivity index (χ0n) is 10.1. The summed E-state index contributed by atoms with van der Waals surface area (Å²) in [6.45, 7) is 0. The van der Waals surface area contributed by atoms with Crippen LogP contribution in [0.2, 0.25) is 5.02 Å². The van der Waals surface area contributed by atoms with E-state index in [2.05, 4.69) is 20.9 Å². The molecule has 0 unspecified atom stereocenters. The normalized spacial score (nSPS) is 10.9. The molecule has 3 aromatic rings. The Morgan fingerprint density at radius 2 is 2.00 bits per heavy atom. The summed E-state index contributed by atoms with van der Waals surface area (Å²) in [5, 5.41) is 1.26. The van der Waals surface area contributed by atoms with Crippen molar-refractivity contribution in [2.24, 2.45) is 0 Å². The first-order chi connectivity index (χ1) is 9.58. The van der Waals surface area contributed by atoms with Gasteiger partial charge in [-0.2, -0.15) is 0 Å². The largest absolute Gasteiger partial charge is 0.359 e. The number of H-pyrrole nitrogens is 1. The Labute approximate surface area is 127 Å². The Morgan fingerprint density at radius 1 is 1.20 bits per heavy atom. The number of nitrogens with one attached hydrogen (secondary N) is 1. The minimum absolute atomic E-state index is 0.259. The first kappa shape index (κ1) is 13.3. The van der Waals surface area contributed by atoms with Gasteiger partial charge in [-0.05, 0) is 24.3 Å². The molecule has 0 amide bonds. The number of ketones is 1. The standard InChI is InChI=1S/C15H8BrClFNO/c16-12-5-4-8(18)6-10(12)15(20)11-7-19-14-9(11)2-1-3-13(14)17/h1-7,19H. The molecule has 1 heterocycles. The van der Waals surface area contributed by atoms with Gasteiger partial charge in [-0.25, -0.2) is 4.39 Å². The van der Waals surface area contributed by atoms with Gasteiger partial charge in [0.2, 0.25) is 0 Å². The fourth-order valence-electron chi connectivity index (χ4n) is 2.12. The van der Waals surface area contributed by atoms with Gasteiger partial charge in [0.1, 0.15) is 5.82 Å². The number of aromatic nitrogens is 1. The van der Waals surface area contributed by atoms with Crippen LogP contribution in [-0.4, -0.2) is 10.8 Å². The summed E-state index contributed by atoms with van der Waals surface area (Å²) in [5.74, 6) is -0.709. The lowest BCUT2D eigenvalue weighted by atomic mass is 10.0. The summed E-state index contributed by atoms with van der Waals surface area (Å²) >= 11 is 9.34. The highest BCUT2D eigenvalue weighted by atomic mass is 79.9. The third kappa shape index (κ3) is 2.15. The van der Waals surface area contributed by atoms with Crippen molar-refractivity contribution in [3.63, 3.8) is 0 Å². The maximum absolute atomic E-state index is 13.3. The molecule has 0 spiro atoms. The van der Waals surface area contributed by atoms with Crippen molar-refractivity contribution in [2.45, 2.75) is 0 Å². The molecule has 20 heavy (non-hydrogen) atoms. The summed E-state index contributed by atoms with van der Waals surface area (Å²) < 4.78 is 13.9. The molecule has 0 aliphatic carbocycles. The summed E-state index contributed by atoms with van der Waals surface area (Å²) in [6.07, 6.45) is 1.59. The van der Waals surface area contributed by atoms with Crippen LogP contribution < -0.4 is 0 Å². The topological polar surface area (TPSA) is 32.9 Å². The Hall–Kier alpha value is -1.65. The van der Waals surface area contributed by atoms with E-state index in [1.807, 2.05) is 0 Å². The lowest BCUT2D eigenvalue weighted by Gasteiger charge is -2.03. The minimum Gasteiger partial charge on any atom is -0.359 e. The van der Waals surface area contributed by atoms with Crippen LogP contribution >= 0.6 is 27.5 Å². The fourth-order valence-corrected chi connectivity index (χ4v) is 2.78. The zero-order chi connectivity index (χ0) is 14.3. The number of para-hydroxylation sites is 1. The number of benzene rings is 2. The van der Waals surface area contributed by atoms with Gasteiger partial charge in [-0.3, -0.25) is 4.79 Å². The fraction of sp³-hybridized carbons (Fsp3) is 0. The maximum atomic E-state index is 13.3. The molecule has 0 bridgehead atoms. The Kier molecular flexibility index (Phi) is 3.36. The van der Waals surface area contributed by atoms with Gasteiger partial charge in [0, 0.05) is 27.2 Å². The SMILES string of the molecule is O=C(c1cc(F)ccc1Br)c1c[nH]c2c(Cl)cccc12. The quantitative estimate of drug-likeness (QED) is 0.650. The average molecular weight is 353 g/mol. The number of rotatable bonds is 2. The molecule has 2 aromatic carbocycles. The van der Waals surface area contributed by atoms with Crippen LogP contribution in [0.25, 0.3) is 10.9 Å².